The molecule has 1 unspecified atom stereocenters. The van der Waals surface area contributed by atoms with Gasteiger partial charge < -0.3 is 14.6 Å². The average molecular weight is 238 g/mol. The van der Waals surface area contributed by atoms with Crippen molar-refractivity contribution in [2.45, 2.75) is 39.1 Å². The van der Waals surface area contributed by atoms with Gasteiger partial charge in [-0.3, -0.25) is 0 Å². The van der Waals surface area contributed by atoms with Crippen LogP contribution in [-0.2, 0) is 15.1 Å². The molecule has 3 nitrogen and oxygen atoms in total. The summed E-state index contributed by atoms with van der Waals surface area (Å²) in [6.45, 7) is 5.83. The molecule has 0 radical (unpaired) electrons. The second-order valence-electron chi connectivity index (χ2n) is 4.76. The number of rotatable bonds is 5. The number of hydrogen-bond donors (Lipinski definition) is 1. The maximum atomic E-state index is 10.5. The first-order chi connectivity index (χ1) is 7.89. The highest BCUT2D eigenvalue weighted by Crippen LogP contribution is 2.28. The van der Waals surface area contributed by atoms with Crippen LogP contribution in [0.5, 0.6) is 0 Å². The smallest absolute Gasteiger partial charge is 0.159 e. The maximum Gasteiger partial charge on any atom is 0.159 e. The van der Waals surface area contributed by atoms with Crippen molar-refractivity contribution >= 4 is 0 Å². The third kappa shape index (κ3) is 3.80. The van der Waals surface area contributed by atoms with E-state index in [9.17, 15) is 5.11 Å². The van der Waals surface area contributed by atoms with Gasteiger partial charge in [-0.25, -0.2) is 0 Å². The molecule has 1 aromatic carbocycles. The first-order valence-electron chi connectivity index (χ1n) is 5.76. The van der Waals surface area contributed by atoms with Gasteiger partial charge in [0.15, 0.2) is 6.29 Å². The first kappa shape index (κ1) is 14.2. The van der Waals surface area contributed by atoms with Crippen LogP contribution in [0.25, 0.3) is 0 Å². The molecule has 0 saturated carbocycles. The van der Waals surface area contributed by atoms with E-state index >= 15 is 0 Å². The Morgan fingerprint density at radius 3 is 2.00 bits per heavy atom. The zero-order chi connectivity index (χ0) is 13.1. The molecule has 0 aliphatic rings. The molecule has 0 heterocycles. The summed E-state index contributed by atoms with van der Waals surface area (Å²) < 4.78 is 10.3. The van der Waals surface area contributed by atoms with E-state index in [4.69, 9.17) is 9.47 Å². The normalized spacial score (nSPS) is 15.0. The highest BCUT2D eigenvalue weighted by molar-refractivity contribution is 5.32. The van der Waals surface area contributed by atoms with Crippen LogP contribution in [0.15, 0.2) is 18.2 Å². The number of benzene rings is 1. The number of aliphatic hydroxyl groups is 1. The molecule has 0 fully saturated rings. The average Bonchev–Trinajstić information content (AvgIpc) is 2.24. The Balaban J connectivity index is 2.95. The van der Waals surface area contributed by atoms with Crippen molar-refractivity contribution < 1.29 is 14.6 Å². The monoisotopic (exact) mass is 238 g/mol. The molecule has 0 aliphatic heterocycles. The minimum atomic E-state index is -0.951. The third-order valence-electron chi connectivity index (χ3n) is 2.93. The van der Waals surface area contributed by atoms with Crippen LogP contribution in [0.1, 0.15) is 30.0 Å². The molecule has 1 aromatic rings. The lowest BCUT2D eigenvalue weighted by Gasteiger charge is -2.28. The van der Waals surface area contributed by atoms with Gasteiger partial charge in [-0.15, -0.1) is 0 Å². The molecular formula is C14H22O3. The Kier molecular flexibility index (Phi) is 4.69. The number of methoxy groups -OCH3 is 2. The van der Waals surface area contributed by atoms with Crippen LogP contribution in [0.2, 0.25) is 0 Å². The Labute approximate surface area is 103 Å². The Morgan fingerprint density at radius 1 is 1.12 bits per heavy atom. The summed E-state index contributed by atoms with van der Waals surface area (Å²) in [5.41, 5.74) is 2.24. The molecule has 96 valence electrons. The van der Waals surface area contributed by atoms with E-state index < -0.39 is 11.9 Å². The van der Waals surface area contributed by atoms with Gasteiger partial charge >= 0.3 is 0 Å². The van der Waals surface area contributed by atoms with Gasteiger partial charge in [0.25, 0.3) is 0 Å². The second kappa shape index (κ2) is 5.63. The minimum Gasteiger partial charge on any atom is -0.385 e. The maximum absolute atomic E-state index is 10.5. The van der Waals surface area contributed by atoms with E-state index in [1.807, 2.05) is 26.0 Å². The Hall–Kier alpha value is -0.900. The molecule has 1 N–H and O–H groups in total. The third-order valence-corrected chi connectivity index (χ3v) is 2.93. The Bertz CT molecular complexity index is 347. The van der Waals surface area contributed by atoms with Gasteiger partial charge in [0, 0.05) is 20.6 Å². The number of ether oxygens (including phenoxy) is 2. The molecule has 0 aliphatic carbocycles. The zero-order valence-electron chi connectivity index (χ0n) is 11.3. The molecule has 1 rings (SSSR count). The van der Waals surface area contributed by atoms with E-state index in [0.717, 1.165) is 16.7 Å². The predicted octanol–water partition coefficient (Wildman–Crippen LogP) is 2.52. The summed E-state index contributed by atoms with van der Waals surface area (Å²) in [5, 5.41) is 10.5. The molecule has 0 spiro atoms. The van der Waals surface area contributed by atoms with Crippen molar-refractivity contribution in [2.75, 3.05) is 14.2 Å². The topological polar surface area (TPSA) is 38.7 Å². The lowest BCUT2D eigenvalue weighted by molar-refractivity contribution is -0.142. The quantitative estimate of drug-likeness (QED) is 0.801. The van der Waals surface area contributed by atoms with Crippen LogP contribution >= 0.6 is 0 Å². The molecule has 0 aromatic heterocycles. The minimum absolute atomic E-state index is 0.397. The molecule has 0 amide bonds. The lowest BCUT2D eigenvalue weighted by atomic mass is 9.90. The van der Waals surface area contributed by atoms with E-state index in [1.165, 1.54) is 0 Å². The van der Waals surface area contributed by atoms with Crippen LogP contribution < -0.4 is 0 Å². The van der Waals surface area contributed by atoms with Crippen LogP contribution in [0.3, 0.4) is 0 Å². The molecule has 0 saturated heterocycles. The molecule has 0 bridgehead atoms. The summed E-state index contributed by atoms with van der Waals surface area (Å²) in [7, 11) is 3.15. The van der Waals surface area contributed by atoms with Crippen molar-refractivity contribution in [3.63, 3.8) is 0 Å². The van der Waals surface area contributed by atoms with Crippen molar-refractivity contribution in [2.24, 2.45) is 0 Å². The van der Waals surface area contributed by atoms with Gasteiger partial charge in [-0.1, -0.05) is 29.3 Å². The molecule has 1 atom stereocenters. The number of hydrogen-bond acceptors (Lipinski definition) is 3. The second-order valence-corrected chi connectivity index (χ2v) is 4.76. The van der Waals surface area contributed by atoms with Crippen LogP contribution in [0.4, 0.5) is 0 Å². The zero-order valence-corrected chi connectivity index (χ0v) is 11.3. The SMILES string of the molecule is COC(CC(C)(O)c1cc(C)cc(C)c1)OC. The summed E-state index contributed by atoms with van der Waals surface area (Å²) in [5.74, 6) is 0. The van der Waals surface area contributed by atoms with E-state index in [1.54, 1.807) is 21.1 Å². The van der Waals surface area contributed by atoms with Crippen LogP contribution in [-0.4, -0.2) is 25.6 Å². The van der Waals surface area contributed by atoms with E-state index in [2.05, 4.69) is 6.07 Å². The van der Waals surface area contributed by atoms with Gasteiger partial charge in [0.2, 0.25) is 0 Å². The largest absolute Gasteiger partial charge is 0.385 e. The van der Waals surface area contributed by atoms with Gasteiger partial charge in [0.1, 0.15) is 0 Å². The van der Waals surface area contributed by atoms with Crippen molar-refractivity contribution in [1.82, 2.24) is 0 Å². The fourth-order valence-corrected chi connectivity index (χ4v) is 1.99. The van der Waals surface area contributed by atoms with Gasteiger partial charge in [-0.05, 0) is 26.3 Å². The van der Waals surface area contributed by atoms with Gasteiger partial charge in [0.05, 0.1) is 5.60 Å². The Morgan fingerprint density at radius 2 is 1.59 bits per heavy atom. The summed E-state index contributed by atoms with van der Waals surface area (Å²) in [6, 6.07) is 6.08. The molecule has 17 heavy (non-hydrogen) atoms. The highest BCUT2D eigenvalue weighted by Gasteiger charge is 2.27. The highest BCUT2D eigenvalue weighted by atomic mass is 16.7. The standard InChI is InChI=1S/C14H22O3/c1-10-6-11(2)8-12(7-10)14(3,15)9-13(16-4)17-5/h6-8,13,15H,9H2,1-5H3. The number of aryl methyl sites for hydroxylation is 2. The summed E-state index contributed by atoms with van der Waals surface area (Å²) >= 11 is 0. The van der Waals surface area contributed by atoms with Crippen molar-refractivity contribution in [1.29, 1.82) is 0 Å². The fourth-order valence-electron chi connectivity index (χ4n) is 1.99. The van der Waals surface area contributed by atoms with Gasteiger partial charge in [-0.2, -0.15) is 0 Å². The lowest BCUT2D eigenvalue weighted by Crippen LogP contribution is -2.29. The van der Waals surface area contributed by atoms with E-state index in [-0.39, 0.29) is 0 Å². The first-order valence-corrected chi connectivity index (χ1v) is 5.76. The fraction of sp³-hybridized carbons (Fsp3) is 0.571. The van der Waals surface area contributed by atoms with Crippen LogP contribution in [0, 0.1) is 13.8 Å². The summed E-state index contributed by atoms with van der Waals surface area (Å²) in [4.78, 5) is 0. The summed E-state index contributed by atoms with van der Waals surface area (Å²) in [6.07, 6.45) is 0.00826. The van der Waals surface area contributed by atoms with Crippen molar-refractivity contribution in [3.8, 4) is 0 Å². The van der Waals surface area contributed by atoms with Crippen molar-refractivity contribution in [3.05, 3.63) is 34.9 Å². The molecular weight excluding hydrogens is 216 g/mol. The predicted molar refractivity (Wildman–Crippen MR) is 67.9 cm³/mol. The molecule has 3 heteroatoms. The van der Waals surface area contributed by atoms with E-state index in [0.29, 0.717) is 6.42 Å².